The lowest BCUT2D eigenvalue weighted by Gasteiger charge is -2.34. The van der Waals surface area contributed by atoms with E-state index in [0.29, 0.717) is 31.6 Å². The highest BCUT2D eigenvalue weighted by Crippen LogP contribution is 2.27. The van der Waals surface area contributed by atoms with Crippen molar-refractivity contribution in [1.29, 1.82) is 0 Å². The molecule has 2 aromatic carbocycles. The van der Waals surface area contributed by atoms with Crippen molar-refractivity contribution in [1.82, 2.24) is 9.21 Å². The van der Waals surface area contributed by atoms with E-state index in [1.807, 2.05) is 0 Å². The monoisotopic (exact) mass is 478 g/mol. The highest BCUT2D eigenvalue weighted by Gasteiger charge is 2.35. The largest absolute Gasteiger partial charge is 0.376 e. The van der Waals surface area contributed by atoms with E-state index < -0.39 is 15.8 Å². The minimum Gasteiger partial charge on any atom is -0.376 e. The molecule has 0 bridgehead atoms. The van der Waals surface area contributed by atoms with Crippen LogP contribution in [-0.2, 0) is 26.1 Å². The fourth-order valence-corrected chi connectivity index (χ4v) is 5.95. The summed E-state index contributed by atoms with van der Waals surface area (Å²) in [5, 5.41) is 0. The highest BCUT2D eigenvalue weighted by molar-refractivity contribution is 7.89. The molecule has 2 aliphatic heterocycles. The predicted octanol–water partition coefficient (Wildman–Crippen LogP) is 3.57. The molecule has 4 rings (SSSR count). The molecule has 2 aromatic rings. The Kier molecular flexibility index (Phi) is 7.41. The first-order chi connectivity index (χ1) is 15.8. The van der Waals surface area contributed by atoms with Crippen molar-refractivity contribution in [2.24, 2.45) is 5.92 Å². The number of rotatable bonds is 7. The molecule has 0 N–H and O–H groups in total. The van der Waals surface area contributed by atoms with E-state index in [1.165, 1.54) is 28.6 Å². The molecule has 1 amide bonds. The molecule has 2 heterocycles. The van der Waals surface area contributed by atoms with Crippen molar-refractivity contribution in [2.75, 3.05) is 26.2 Å². The Hall–Kier alpha value is -2.36. The summed E-state index contributed by atoms with van der Waals surface area (Å²) in [7, 11) is -3.74. The van der Waals surface area contributed by atoms with Gasteiger partial charge in [-0.3, -0.25) is 4.79 Å². The molecular weight excluding hydrogens is 450 g/mol. The quantitative estimate of drug-likeness (QED) is 0.610. The summed E-state index contributed by atoms with van der Waals surface area (Å²) in [5.41, 5.74) is 0.706. The smallest absolute Gasteiger partial charge is 0.243 e. The van der Waals surface area contributed by atoms with Gasteiger partial charge in [0.05, 0.1) is 11.0 Å². The molecule has 6 nitrogen and oxygen atoms in total. The Balaban J connectivity index is 1.43. The maximum Gasteiger partial charge on any atom is 0.243 e. The third kappa shape index (κ3) is 5.77. The van der Waals surface area contributed by atoms with E-state index in [2.05, 4.69) is 0 Å². The molecule has 2 aliphatic rings. The van der Waals surface area contributed by atoms with Gasteiger partial charge in [0.25, 0.3) is 0 Å². The van der Waals surface area contributed by atoms with Crippen LogP contribution >= 0.6 is 0 Å². The minimum atomic E-state index is -3.74. The number of benzene rings is 2. The van der Waals surface area contributed by atoms with Gasteiger partial charge in [0.15, 0.2) is 0 Å². The van der Waals surface area contributed by atoms with Crippen LogP contribution in [0.4, 0.5) is 8.78 Å². The van der Waals surface area contributed by atoms with Crippen LogP contribution in [0.1, 0.15) is 31.2 Å². The Morgan fingerprint density at radius 2 is 1.76 bits per heavy atom. The van der Waals surface area contributed by atoms with Crippen molar-refractivity contribution in [3.05, 3.63) is 65.7 Å². The maximum absolute atomic E-state index is 13.7. The van der Waals surface area contributed by atoms with Gasteiger partial charge in [0.2, 0.25) is 15.9 Å². The van der Waals surface area contributed by atoms with Gasteiger partial charge < -0.3 is 9.64 Å². The number of carbonyl (C=O) groups excluding carboxylic acids is 1. The second-order valence-corrected chi connectivity index (χ2v) is 10.6. The third-order valence-electron chi connectivity index (χ3n) is 6.28. The van der Waals surface area contributed by atoms with Gasteiger partial charge in [-0.15, -0.1) is 0 Å². The number of amides is 1. The molecule has 0 saturated carbocycles. The normalized spacial score (nSPS) is 20.1. The van der Waals surface area contributed by atoms with E-state index >= 15 is 0 Å². The number of hydrogen-bond donors (Lipinski definition) is 0. The molecule has 2 fully saturated rings. The first-order valence-electron chi connectivity index (χ1n) is 11.2. The van der Waals surface area contributed by atoms with E-state index in [-0.39, 0.29) is 48.3 Å². The van der Waals surface area contributed by atoms with Crippen molar-refractivity contribution in [3.8, 4) is 0 Å². The van der Waals surface area contributed by atoms with Crippen LogP contribution in [-0.4, -0.2) is 55.9 Å². The topological polar surface area (TPSA) is 66.9 Å². The highest BCUT2D eigenvalue weighted by atomic mass is 32.2. The number of hydrogen-bond acceptors (Lipinski definition) is 4. The molecular formula is C24H28F2N2O4S. The summed E-state index contributed by atoms with van der Waals surface area (Å²) < 4.78 is 59.7. The molecule has 33 heavy (non-hydrogen) atoms. The molecule has 0 aliphatic carbocycles. The molecule has 2 saturated heterocycles. The minimum absolute atomic E-state index is 0.0403. The summed E-state index contributed by atoms with van der Waals surface area (Å²) >= 11 is 0. The lowest BCUT2D eigenvalue weighted by atomic mass is 9.96. The number of piperidine rings is 1. The molecule has 0 aromatic heterocycles. The Morgan fingerprint density at radius 3 is 2.39 bits per heavy atom. The summed E-state index contributed by atoms with van der Waals surface area (Å²) in [6, 6.07) is 11.0. The Bertz CT molecular complexity index is 1060. The lowest BCUT2D eigenvalue weighted by Crippen LogP contribution is -2.45. The second kappa shape index (κ2) is 10.3. The van der Waals surface area contributed by atoms with Gasteiger partial charge in [-0.2, -0.15) is 4.31 Å². The van der Waals surface area contributed by atoms with Crippen LogP contribution in [0.25, 0.3) is 0 Å². The van der Waals surface area contributed by atoms with Crippen LogP contribution in [0.5, 0.6) is 0 Å². The van der Waals surface area contributed by atoms with Crippen molar-refractivity contribution in [3.63, 3.8) is 0 Å². The number of carbonyl (C=O) groups is 1. The predicted molar refractivity (Wildman–Crippen MR) is 119 cm³/mol. The fourth-order valence-electron chi connectivity index (χ4n) is 4.48. The zero-order chi connectivity index (χ0) is 23.4. The van der Waals surface area contributed by atoms with Gasteiger partial charge in [-0.1, -0.05) is 12.1 Å². The average Bonchev–Trinajstić information content (AvgIpc) is 3.32. The number of ether oxygens (including phenoxy) is 1. The summed E-state index contributed by atoms with van der Waals surface area (Å²) in [5.74, 6) is -1.23. The zero-order valence-corrected chi connectivity index (χ0v) is 19.1. The van der Waals surface area contributed by atoms with Crippen LogP contribution in [0.2, 0.25) is 0 Å². The molecule has 0 radical (unpaired) electrons. The van der Waals surface area contributed by atoms with Gasteiger partial charge in [-0.05, 0) is 67.6 Å². The van der Waals surface area contributed by atoms with Crippen LogP contribution in [0.15, 0.2) is 53.4 Å². The number of sulfonamides is 1. The van der Waals surface area contributed by atoms with Gasteiger partial charge in [0, 0.05) is 38.7 Å². The van der Waals surface area contributed by atoms with E-state index in [9.17, 15) is 22.0 Å². The van der Waals surface area contributed by atoms with Gasteiger partial charge in [0.1, 0.15) is 11.6 Å². The van der Waals surface area contributed by atoms with E-state index in [1.54, 1.807) is 17.0 Å². The summed E-state index contributed by atoms with van der Waals surface area (Å²) in [4.78, 5) is 15.2. The second-order valence-electron chi connectivity index (χ2n) is 8.62. The first kappa shape index (κ1) is 23.8. The molecule has 0 spiro atoms. The van der Waals surface area contributed by atoms with Crippen molar-refractivity contribution in [2.45, 2.75) is 43.2 Å². The lowest BCUT2D eigenvalue weighted by molar-refractivity contribution is -0.139. The third-order valence-corrected chi connectivity index (χ3v) is 8.19. The zero-order valence-electron chi connectivity index (χ0n) is 18.3. The van der Waals surface area contributed by atoms with Crippen molar-refractivity contribution < 1.29 is 26.7 Å². The van der Waals surface area contributed by atoms with E-state index in [4.69, 9.17) is 4.74 Å². The van der Waals surface area contributed by atoms with Crippen molar-refractivity contribution >= 4 is 15.9 Å². The van der Waals surface area contributed by atoms with Crippen LogP contribution < -0.4 is 0 Å². The van der Waals surface area contributed by atoms with Gasteiger partial charge >= 0.3 is 0 Å². The summed E-state index contributed by atoms with van der Waals surface area (Å²) in [6.45, 7) is 1.81. The standard InChI is InChI=1S/C24H28F2N2O4S/c25-20-6-8-23(9-7-20)33(30,31)28-12-10-19(11-13-28)24(29)27(17-22-5-2-14-32-22)16-18-3-1-4-21(26)15-18/h1,3-4,6-9,15,19,22H,2,5,10-14,16-17H2. The first-order valence-corrected chi connectivity index (χ1v) is 12.7. The van der Waals surface area contributed by atoms with Gasteiger partial charge in [-0.25, -0.2) is 17.2 Å². The molecule has 1 unspecified atom stereocenters. The number of nitrogens with zero attached hydrogens (tertiary/aromatic N) is 2. The molecule has 9 heteroatoms. The Labute approximate surface area is 193 Å². The fraction of sp³-hybridized carbons (Fsp3) is 0.458. The number of halogens is 2. The Morgan fingerprint density at radius 1 is 1.03 bits per heavy atom. The average molecular weight is 479 g/mol. The summed E-state index contributed by atoms with van der Waals surface area (Å²) in [6.07, 6.45) is 2.57. The molecule has 1 atom stereocenters. The maximum atomic E-state index is 13.7. The van der Waals surface area contributed by atoms with Crippen LogP contribution in [0, 0.1) is 17.6 Å². The van der Waals surface area contributed by atoms with E-state index in [0.717, 1.165) is 25.0 Å². The SMILES string of the molecule is O=C(C1CCN(S(=O)(=O)c2ccc(F)cc2)CC1)N(Cc1cccc(F)c1)CC1CCCO1. The van der Waals surface area contributed by atoms with Crippen LogP contribution in [0.3, 0.4) is 0 Å². The molecule has 178 valence electrons.